The number of hydrogen-bond acceptors (Lipinski definition) is 3. The monoisotopic (exact) mass is 216 g/mol. The first kappa shape index (κ1) is 14.4. The van der Waals surface area contributed by atoms with Crippen molar-refractivity contribution in [1.82, 2.24) is 5.32 Å². The minimum atomic E-state index is -0.429. The van der Waals surface area contributed by atoms with E-state index < -0.39 is 6.04 Å². The van der Waals surface area contributed by atoms with Crippen LogP contribution in [0, 0.1) is 5.92 Å². The van der Waals surface area contributed by atoms with Crippen LogP contribution in [0.5, 0.6) is 0 Å². The molecule has 0 heterocycles. The normalized spacial score (nSPS) is 15.1. The molecular weight excluding hydrogens is 192 g/mol. The molecule has 0 aromatic carbocycles. The van der Waals surface area contributed by atoms with Crippen LogP contribution in [0.2, 0.25) is 0 Å². The quantitative estimate of drug-likeness (QED) is 0.664. The minimum absolute atomic E-state index is 0.0808. The van der Waals surface area contributed by atoms with Crippen molar-refractivity contribution in [3.05, 3.63) is 0 Å². The molecular formula is C11H24N2O2. The largest absolute Gasteiger partial charge is 0.383 e. The van der Waals surface area contributed by atoms with Crippen LogP contribution in [-0.2, 0) is 9.53 Å². The summed E-state index contributed by atoms with van der Waals surface area (Å²) in [5.41, 5.74) is 5.75. The highest BCUT2D eigenvalue weighted by atomic mass is 16.5. The molecule has 0 rings (SSSR count). The van der Waals surface area contributed by atoms with Gasteiger partial charge in [-0.05, 0) is 12.3 Å². The van der Waals surface area contributed by atoms with E-state index in [1.807, 2.05) is 13.8 Å². The zero-order valence-corrected chi connectivity index (χ0v) is 10.2. The first-order valence-electron chi connectivity index (χ1n) is 5.57. The van der Waals surface area contributed by atoms with Crippen LogP contribution >= 0.6 is 0 Å². The van der Waals surface area contributed by atoms with Crippen molar-refractivity contribution in [2.24, 2.45) is 11.7 Å². The van der Waals surface area contributed by atoms with Crippen LogP contribution in [0.15, 0.2) is 0 Å². The highest BCUT2D eigenvalue weighted by Crippen LogP contribution is 2.01. The van der Waals surface area contributed by atoms with Gasteiger partial charge in [0, 0.05) is 7.11 Å². The summed E-state index contributed by atoms with van der Waals surface area (Å²) in [6.07, 6.45) is 1.94. The Bertz CT molecular complexity index is 177. The number of carbonyl (C=O) groups excluding carboxylic acids is 1. The maximum absolute atomic E-state index is 11.7. The smallest absolute Gasteiger partial charge is 0.237 e. The predicted octanol–water partition coefficient (Wildman–Crippen LogP) is 0.901. The summed E-state index contributed by atoms with van der Waals surface area (Å²) < 4.78 is 5.04. The molecule has 1 unspecified atom stereocenters. The molecule has 0 spiro atoms. The van der Waals surface area contributed by atoms with E-state index in [4.69, 9.17) is 10.5 Å². The van der Waals surface area contributed by atoms with E-state index in [2.05, 4.69) is 12.2 Å². The van der Waals surface area contributed by atoms with Crippen LogP contribution in [0.4, 0.5) is 0 Å². The van der Waals surface area contributed by atoms with Crippen LogP contribution in [0.3, 0.4) is 0 Å². The zero-order valence-electron chi connectivity index (χ0n) is 10.2. The number of amides is 1. The lowest BCUT2D eigenvalue weighted by atomic mass is 10.0. The summed E-state index contributed by atoms with van der Waals surface area (Å²) in [4.78, 5) is 11.7. The number of nitrogens with one attached hydrogen (secondary N) is 1. The highest BCUT2D eigenvalue weighted by molar-refractivity contribution is 5.82. The van der Waals surface area contributed by atoms with Crippen LogP contribution in [-0.4, -0.2) is 31.7 Å². The van der Waals surface area contributed by atoms with Gasteiger partial charge < -0.3 is 15.8 Å². The third-order valence-corrected chi connectivity index (χ3v) is 2.37. The summed E-state index contributed by atoms with van der Waals surface area (Å²) >= 11 is 0. The second-order valence-corrected chi connectivity index (χ2v) is 4.22. The summed E-state index contributed by atoms with van der Waals surface area (Å²) in [5.74, 6) is 0.0790. The first-order chi connectivity index (χ1) is 7.02. The van der Waals surface area contributed by atoms with Gasteiger partial charge in [0.05, 0.1) is 18.7 Å². The molecule has 0 aliphatic heterocycles. The van der Waals surface area contributed by atoms with Gasteiger partial charge in [0.15, 0.2) is 0 Å². The van der Waals surface area contributed by atoms with Gasteiger partial charge in [-0.25, -0.2) is 0 Å². The van der Waals surface area contributed by atoms with Crippen molar-refractivity contribution in [3.8, 4) is 0 Å². The third kappa shape index (κ3) is 5.74. The van der Waals surface area contributed by atoms with Crippen molar-refractivity contribution in [2.75, 3.05) is 13.7 Å². The Hall–Kier alpha value is -0.610. The second kappa shape index (κ2) is 7.65. The number of methoxy groups -OCH3 is 1. The predicted molar refractivity (Wildman–Crippen MR) is 61.5 cm³/mol. The molecule has 0 aliphatic carbocycles. The minimum Gasteiger partial charge on any atom is -0.383 e. The Morgan fingerprint density at radius 3 is 2.47 bits per heavy atom. The molecule has 0 bridgehead atoms. The molecule has 15 heavy (non-hydrogen) atoms. The van der Waals surface area contributed by atoms with Crippen molar-refractivity contribution in [3.63, 3.8) is 0 Å². The van der Waals surface area contributed by atoms with Gasteiger partial charge in [0.25, 0.3) is 0 Å². The van der Waals surface area contributed by atoms with Gasteiger partial charge >= 0.3 is 0 Å². The van der Waals surface area contributed by atoms with E-state index in [0.29, 0.717) is 6.61 Å². The molecule has 90 valence electrons. The zero-order chi connectivity index (χ0) is 11.8. The van der Waals surface area contributed by atoms with Crippen LogP contribution in [0.1, 0.15) is 33.6 Å². The summed E-state index contributed by atoms with van der Waals surface area (Å²) in [6, 6.07) is -0.349. The van der Waals surface area contributed by atoms with Gasteiger partial charge in [-0.2, -0.15) is 0 Å². The van der Waals surface area contributed by atoms with Gasteiger partial charge in [-0.1, -0.05) is 27.2 Å². The number of nitrogens with two attached hydrogens (primary N) is 1. The SMILES string of the molecule is CCCC(COC)NC(=O)[C@@H](N)C(C)C. The lowest BCUT2D eigenvalue weighted by Crippen LogP contribution is -2.49. The molecule has 0 saturated heterocycles. The Kier molecular flexibility index (Phi) is 7.34. The lowest BCUT2D eigenvalue weighted by molar-refractivity contribution is -0.124. The molecule has 0 saturated carbocycles. The number of hydrogen-bond donors (Lipinski definition) is 2. The number of carbonyl (C=O) groups is 1. The lowest BCUT2D eigenvalue weighted by Gasteiger charge is -2.21. The van der Waals surface area contributed by atoms with E-state index in [-0.39, 0.29) is 17.9 Å². The maximum atomic E-state index is 11.7. The topological polar surface area (TPSA) is 64.3 Å². The van der Waals surface area contributed by atoms with Crippen LogP contribution in [0.25, 0.3) is 0 Å². The summed E-state index contributed by atoms with van der Waals surface area (Å²) in [6.45, 7) is 6.51. The highest BCUT2D eigenvalue weighted by Gasteiger charge is 2.19. The van der Waals surface area contributed by atoms with Gasteiger partial charge in [0.1, 0.15) is 0 Å². The van der Waals surface area contributed by atoms with Crippen molar-refractivity contribution in [2.45, 2.75) is 45.7 Å². The molecule has 4 heteroatoms. The fourth-order valence-electron chi connectivity index (χ4n) is 1.35. The Morgan fingerprint density at radius 2 is 2.07 bits per heavy atom. The molecule has 1 amide bonds. The van der Waals surface area contributed by atoms with E-state index >= 15 is 0 Å². The molecule has 0 aromatic heterocycles. The van der Waals surface area contributed by atoms with Gasteiger partial charge in [-0.3, -0.25) is 4.79 Å². The van der Waals surface area contributed by atoms with Crippen molar-refractivity contribution >= 4 is 5.91 Å². The molecule has 0 aromatic rings. The third-order valence-electron chi connectivity index (χ3n) is 2.37. The first-order valence-corrected chi connectivity index (χ1v) is 5.57. The van der Waals surface area contributed by atoms with Crippen LogP contribution < -0.4 is 11.1 Å². The van der Waals surface area contributed by atoms with Gasteiger partial charge in [0.2, 0.25) is 5.91 Å². The molecule has 3 N–H and O–H groups in total. The second-order valence-electron chi connectivity index (χ2n) is 4.22. The number of rotatable bonds is 7. The Morgan fingerprint density at radius 1 is 1.47 bits per heavy atom. The maximum Gasteiger partial charge on any atom is 0.237 e. The summed E-state index contributed by atoms with van der Waals surface area (Å²) in [5, 5.41) is 2.91. The van der Waals surface area contributed by atoms with Crippen molar-refractivity contribution < 1.29 is 9.53 Å². The van der Waals surface area contributed by atoms with Crippen molar-refractivity contribution in [1.29, 1.82) is 0 Å². The van der Waals surface area contributed by atoms with E-state index in [1.54, 1.807) is 7.11 Å². The standard InChI is InChI=1S/C11H24N2O2/c1-5-6-9(7-15-4)13-11(14)10(12)8(2)3/h8-10H,5-7,12H2,1-4H3,(H,13,14)/t9?,10-/m0/s1. The van der Waals surface area contributed by atoms with Gasteiger partial charge in [-0.15, -0.1) is 0 Å². The summed E-state index contributed by atoms with van der Waals surface area (Å²) in [7, 11) is 1.64. The fourth-order valence-corrected chi connectivity index (χ4v) is 1.35. The Labute approximate surface area is 92.6 Å². The number of ether oxygens (including phenoxy) is 1. The van der Waals surface area contributed by atoms with E-state index in [9.17, 15) is 4.79 Å². The van der Waals surface area contributed by atoms with E-state index in [1.165, 1.54) is 0 Å². The average Bonchev–Trinajstić information content (AvgIpc) is 2.17. The fraction of sp³-hybridized carbons (Fsp3) is 0.909. The van der Waals surface area contributed by atoms with E-state index in [0.717, 1.165) is 12.8 Å². The molecule has 0 fully saturated rings. The molecule has 0 radical (unpaired) electrons. The molecule has 0 aliphatic rings. The molecule has 4 nitrogen and oxygen atoms in total. The average molecular weight is 216 g/mol. The molecule has 2 atom stereocenters. The Balaban J connectivity index is 4.09.